The Morgan fingerprint density at radius 3 is 0.890 bits per heavy atom. The fraction of sp³-hybridized carbons (Fsp3) is 0.889. The topological polar surface area (TPSA) is 237 Å². The van der Waals surface area contributed by atoms with Gasteiger partial charge in [-0.3, -0.25) is 37.3 Å². The van der Waals surface area contributed by atoms with E-state index in [1.807, 2.05) is 0 Å². The highest BCUT2D eigenvalue weighted by molar-refractivity contribution is 7.47. The molecule has 0 rings (SSSR count). The molecular formula is C72H136O17P2. The number of aliphatic hydroxyl groups is 1. The molecule has 17 nitrogen and oxygen atoms in total. The highest BCUT2D eigenvalue weighted by atomic mass is 31.2. The Labute approximate surface area is 554 Å². The summed E-state index contributed by atoms with van der Waals surface area (Å²) in [7, 11) is -9.91. The highest BCUT2D eigenvalue weighted by Gasteiger charge is 2.30. The van der Waals surface area contributed by atoms with Crippen LogP contribution in [0.1, 0.15) is 337 Å². The highest BCUT2D eigenvalue weighted by Crippen LogP contribution is 2.45. The Balaban J connectivity index is 5.23. The third-order valence-corrected chi connectivity index (χ3v) is 17.9. The molecule has 0 spiro atoms. The van der Waals surface area contributed by atoms with Gasteiger partial charge >= 0.3 is 39.5 Å². The maximum atomic E-state index is 13.0. The van der Waals surface area contributed by atoms with E-state index in [1.165, 1.54) is 122 Å². The quantitative estimate of drug-likeness (QED) is 0.0169. The molecule has 0 heterocycles. The van der Waals surface area contributed by atoms with Crippen molar-refractivity contribution in [2.45, 2.75) is 356 Å². The summed E-state index contributed by atoms with van der Waals surface area (Å²) in [6.07, 6.45) is 49.7. The van der Waals surface area contributed by atoms with Crippen LogP contribution in [0.2, 0.25) is 0 Å². The van der Waals surface area contributed by atoms with Crippen molar-refractivity contribution in [1.82, 2.24) is 0 Å². The number of unbranched alkanes of at least 4 members (excludes halogenated alkanes) is 33. The first-order valence-corrected chi connectivity index (χ1v) is 39.7. The average Bonchev–Trinajstić information content (AvgIpc) is 3.08. The summed E-state index contributed by atoms with van der Waals surface area (Å²) in [4.78, 5) is 72.5. The van der Waals surface area contributed by atoms with E-state index >= 15 is 0 Å². The van der Waals surface area contributed by atoms with Crippen LogP contribution in [0.25, 0.3) is 0 Å². The first kappa shape index (κ1) is 88.5. The lowest BCUT2D eigenvalue weighted by Gasteiger charge is -2.21. The van der Waals surface area contributed by atoms with Crippen LogP contribution in [-0.4, -0.2) is 96.7 Å². The number of hydrogen-bond acceptors (Lipinski definition) is 15. The van der Waals surface area contributed by atoms with Crippen molar-refractivity contribution in [3.05, 3.63) is 24.3 Å². The smallest absolute Gasteiger partial charge is 0.462 e. The minimum atomic E-state index is -4.96. The fourth-order valence-corrected chi connectivity index (χ4v) is 11.9. The van der Waals surface area contributed by atoms with Crippen LogP contribution in [0.5, 0.6) is 0 Å². The van der Waals surface area contributed by atoms with Crippen molar-refractivity contribution in [3.63, 3.8) is 0 Å². The number of carbonyl (C=O) groups is 4. The summed E-state index contributed by atoms with van der Waals surface area (Å²) >= 11 is 0. The molecule has 536 valence electrons. The van der Waals surface area contributed by atoms with E-state index in [4.69, 9.17) is 37.0 Å². The number of phosphoric acid groups is 2. The van der Waals surface area contributed by atoms with Crippen LogP contribution >= 0.6 is 15.6 Å². The SMILES string of the molecule is CCCCCC/C=C\C=C/CCCCCCCC(=O)OC[C@H](COP(=O)(O)OCC(O)COP(=O)(O)OC[C@@H](COC(=O)CCCCCCCCCC(C)C)OC(=O)CCCCCCCCCCCCCCCCC(C)C)OC(=O)CCCCCCCCC(C)C. The fourth-order valence-electron chi connectivity index (χ4n) is 10.4. The van der Waals surface area contributed by atoms with Crippen LogP contribution in [-0.2, 0) is 65.4 Å². The molecule has 0 aromatic carbocycles. The molecule has 0 aliphatic heterocycles. The van der Waals surface area contributed by atoms with Crippen LogP contribution in [0.3, 0.4) is 0 Å². The van der Waals surface area contributed by atoms with Crippen LogP contribution in [0, 0.1) is 17.8 Å². The summed E-state index contributed by atoms with van der Waals surface area (Å²) in [5.74, 6) is 0.00310. The molecule has 0 fully saturated rings. The van der Waals surface area contributed by atoms with Gasteiger partial charge in [0.25, 0.3) is 0 Å². The van der Waals surface area contributed by atoms with Gasteiger partial charge in [0.1, 0.15) is 19.3 Å². The predicted molar refractivity (Wildman–Crippen MR) is 367 cm³/mol. The molecule has 0 saturated carbocycles. The summed E-state index contributed by atoms with van der Waals surface area (Å²) in [5.41, 5.74) is 0. The zero-order valence-corrected chi connectivity index (χ0v) is 60.6. The molecule has 5 atom stereocenters. The van der Waals surface area contributed by atoms with Crippen molar-refractivity contribution in [2.75, 3.05) is 39.6 Å². The summed E-state index contributed by atoms with van der Waals surface area (Å²) in [6.45, 7) is 11.7. The summed E-state index contributed by atoms with van der Waals surface area (Å²) in [6, 6.07) is 0. The number of hydrogen-bond donors (Lipinski definition) is 3. The number of aliphatic hydroxyl groups excluding tert-OH is 1. The maximum absolute atomic E-state index is 13.0. The number of phosphoric ester groups is 2. The Hall–Kier alpha value is -2.46. The lowest BCUT2D eigenvalue weighted by atomic mass is 10.0. The number of rotatable bonds is 68. The van der Waals surface area contributed by atoms with Crippen molar-refractivity contribution < 1.29 is 80.2 Å². The summed E-state index contributed by atoms with van der Waals surface area (Å²) < 4.78 is 68.2. The predicted octanol–water partition coefficient (Wildman–Crippen LogP) is 20.2. The molecule has 0 aromatic heterocycles. The Kier molecular flexibility index (Phi) is 60.7. The van der Waals surface area contributed by atoms with Gasteiger partial charge in [0, 0.05) is 25.7 Å². The molecule has 0 aliphatic rings. The number of carbonyl (C=O) groups excluding carboxylic acids is 4. The van der Waals surface area contributed by atoms with Crippen LogP contribution < -0.4 is 0 Å². The van der Waals surface area contributed by atoms with Crippen LogP contribution in [0.4, 0.5) is 0 Å². The Bertz CT molecular complexity index is 1880. The Morgan fingerprint density at radius 1 is 0.341 bits per heavy atom. The lowest BCUT2D eigenvalue weighted by molar-refractivity contribution is -0.161. The normalized spacial score (nSPS) is 14.3. The van der Waals surface area contributed by atoms with Gasteiger partial charge in [-0.1, -0.05) is 285 Å². The van der Waals surface area contributed by atoms with Gasteiger partial charge in [0.2, 0.25) is 0 Å². The average molecular weight is 1340 g/mol. The van der Waals surface area contributed by atoms with Crippen molar-refractivity contribution in [3.8, 4) is 0 Å². The molecule has 0 aliphatic carbocycles. The molecule has 0 saturated heterocycles. The zero-order valence-electron chi connectivity index (χ0n) is 58.8. The molecule has 0 aromatic rings. The van der Waals surface area contributed by atoms with E-state index in [-0.39, 0.29) is 25.7 Å². The molecule has 0 radical (unpaired) electrons. The first-order chi connectivity index (χ1) is 43.7. The van der Waals surface area contributed by atoms with Gasteiger partial charge in [0.05, 0.1) is 26.4 Å². The third kappa shape index (κ3) is 66.0. The summed E-state index contributed by atoms with van der Waals surface area (Å²) in [5, 5.41) is 10.6. The van der Waals surface area contributed by atoms with Crippen LogP contribution in [0.15, 0.2) is 24.3 Å². The second-order valence-electron chi connectivity index (χ2n) is 26.7. The lowest BCUT2D eigenvalue weighted by Crippen LogP contribution is -2.30. The zero-order chi connectivity index (χ0) is 67.3. The molecule has 0 amide bonds. The second kappa shape index (κ2) is 62.4. The molecule has 19 heteroatoms. The number of esters is 4. The van der Waals surface area contributed by atoms with E-state index < -0.39 is 97.5 Å². The van der Waals surface area contributed by atoms with Gasteiger partial charge in [-0.2, -0.15) is 0 Å². The van der Waals surface area contributed by atoms with E-state index in [9.17, 15) is 43.2 Å². The van der Waals surface area contributed by atoms with E-state index in [0.29, 0.717) is 37.5 Å². The van der Waals surface area contributed by atoms with E-state index in [1.54, 1.807) is 0 Å². The number of allylic oxidation sites excluding steroid dienone is 4. The molecular weight excluding hydrogens is 1200 g/mol. The van der Waals surface area contributed by atoms with Gasteiger partial charge in [-0.25, -0.2) is 9.13 Å². The van der Waals surface area contributed by atoms with Gasteiger partial charge in [0.15, 0.2) is 12.2 Å². The minimum absolute atomic E-state index is 0.0949. The molecule has 91 heavy (non-hydrogen) atoms. The maximum Gasteiger partial charge on any atom is 0.472 e. The third-order valence-electron chi connectivity index (χ3n) is 16.0. The van der Waals surface area contributed by atoms with Gasteiger partial charge in [-0.15, -0.1) is 0 Å². The first-order valence-electron chi connectivity index (χ1n) is 36.7. The standard InChI is InChI=1S/C72H136O17P2/c1-8-9-10-11-12-13-14-15-16-20-23-26-31-39-46-53-69(74)82-60-68(89-72(77)56-49-42-35-34-38-45-52-65(6)7)62-87-91(80,81)85-58-66(73)57-84-90(78,79)86-61-67(59-83-70(75)54-47-40-33-28-30-37-44-51-64(4)5)88-71(76)55-48-41-32-27-24-21-18-17-19-22-25-29-36-43-50-63(2)3/h13-16,63-68,73H,8-12,17-62H2,1-7H3,(H,78,79)(H,80,81)/b14-13-,16-15-/t66?,67-,68-/m1/s1. The minimum Gasteiger partial charge on any atom is -0.462 e. The Morgan fingerprint density at radius 2 is 0.593 bits per heavy atom. The number of ether oxygens (including phenoxy) is 4. The second-order valence-corrected chi connectivity index (χ2v) is 29.6. The van der Waals surface area contributed by atoms with Crippen molar-refractivity contribution in [1.29, 1.82) is 0 Å². The largest absolute Gasteiger partial charge is 0.472 e. The molecule has 3 unspecified atom stereocenters. The van der Waals surface area contributed by atoms with Gasteiger partial charge in [-0.05, 0) is 69.1 Å². The van der Waals surface area contributed by atoms with Gasteiger partial charge < -0.3 is 33.8 Å². The van der Waals surface area contributed by atoms with Crippen molar-refractivity contribution >= 4 is 39.5 Å². The molecule has 3 N–H and O–H groups in total. The molecule has 0 bridgehead atoms. The van der Waals surface area contributed by atoms with Crippen molar-refractivity contribution in [2.24, 2.45) is 17.8 Å². The van der Waals surface area contributed by atoms with E-state index in [0.717, 1.165) is 121 Å². The monoisotopic (exact) mass is 1330 g/mol. The van der Waals surface area contributed by atoms with E-state index in [2.05, 4.69) is 72.8 Å².